The number of hydrogen-bond donors (Lipinski definition) is 0. The van der Waals surface area contributed by atoms with Crippen molar-refractivity contribution in [1.29, 1.82) is 0 Å². The molecule has 0 saturated carbocycles. The van der Waals surface area contributed by atoms with Gasteiger partial charge >= 0.3 is 0 Å². The maximum absolute atomic E-state index is 13.0. The number of benzene rings is 1. The molecule has 138 valence electrons. The third-order valence-corrected chi connectivity index (χ3v) is 5.96. The molecule has 0 atom stereocenters. The highest BCUT2D eigenvalue weighted by atomic mass is 32.1. The van der Waals surface area contributed by atoms with E-state index >= 15 is 0 Å². The van der Waals surface area contributed by atoms with E-state index in [1.54, 1.807) is 31.6 Å². The fraction of sp³-hybridized carbons (Fsp3) is 0.211. The van der Waals surface area contributed by atoms with Gasteiger partial charge in [-0.2, -0.15) is 5.10 Å². The fourth-order valence-electron chi connectivity index (χ4n) is 2.88. The first-order valence-electron chi connectivity index (χ1n) is 8.23. The number of methoxy groups -OCH3 is 2. The summed E-state index contributed by atoms with van der Waals surface area (Å²) in [4.78, 5) is 18.4. The van der Waals surface area contributed by atoms with Crippen LogP contribution >= 0.6 is 22.7 Å². The average molecular weight is 399 g/mol. The van der Waals surface area contributed by atoms with Crippen LogP contribution in [0.25, 0.3) is 20.8 Å². The Morgan fingerprint density at radius 3 is 2.52 bits per heavy atom. The van der Waals surface area contributed by atoms with E-state index in [1.807, 2.05) is 36.6 Å². The summed E-state index contributed by atoms with van der Waals surface area (Å²) in [5.74, 6) is 1.34. The van der Waals surface area contributed by atoms with Crippen LogP contribution in [-0.2, 0) is 6.54 Å². The molecular formula is C19H17N3O3S2. The van der Waals surface area contributed by atoms with Crippen molar-refractivity contribution in [3.05, 3.63) is 56.6 Å². The Kier molecular flexibility index (Phi) is 4.67. The molecule has 0 saturated heterocycles. The smallest absolute Gasteiger partial charge is 0.294 e. The number of hydrogen-bond acceptors (Lipinski definition) is 7. The lowest BCUT2D eigenvalue weighted by Gasteiger charge is -2.10. The molecule has 0 N–H and O–H groups in total. The lowest BCUT2D eigenvalue weighted by atomic mass is 10.2. The summed E-state index contributed by atoms with van der Waals surface area (Å²) in [6, 6.07) is 9.52. The normalized spacial score (nSPS) is 11.1. The van der Waals surface area contributed by atoms with E-state index in [9.17, 15) is 4.79 Å². The molecule has 8 heteroatoms. The van der Waals surface area contributed by atoms with Crippen LogP contribution in [0.2, 0.25) is 0 Å². The highest BCUT2D eigenvalue weighted by molar-refractivity contribution is 7.20. The van der Waals surface area contributed by atoms with E-state index in [4.69, 9.17) is 9.47 Å². The van der Waals surface area contributed by atoms with Crippen LogP contribution in [0, 0.1) is 6.92 Å². The topological polar surface area (TPSA) is 66.2 Å². The molecule has 0 aliphatic carbocycles. The molecule has 0 bridgehead atoms. The number of rotatable bonds is 5. The summed E-state index contributed by atoms with van der Waals surface area (Å²) in [6.07, 6.45) is 0. The molecule has 0 amide bonds. The lowest BCUT2D eigenvalue weighted by molar-refractivity contribution is 0.393. The monoisotopic (exact) mass is 399 g/mol. The van der Waals surface area contributed by atoms with Gasteiger partial charge in [0.05, 0.1) is 35.3 Å². The molecule has 4 rings (SSSR count). The fourth-order valence-corrected chi connectivity index (χ4v) is 4.57. The first-order chi connectivity index (χ1) is 13.1. The second kappa shape index (κ2) is 7.13. The van der Waals surface area contributed by atoms with Gasteiger partial charge in [0.2, 0.25) is 0 Å². The second-order valence-corrected chi connectivity index (χ2v) is 8.07. The van der Waals surface area contributed by atoms with Gasteiger partial charge in [-0.05, 0) is 36.1 Å². The quantitative estimate of drug-likeness (QED) is 0.508. The van der Waals surface area contributed by atoms with Gasteiger partial charge in [0.25, 0.3) is 5.56 Å². The number of thiophene rings is 1. The maximum Gasteiger partial charge on any atom is 0.294 e. The van der Waals surface area contributed by atoms with Gasteiger partial charge in [-0.15, -0.1) is 22.7 Å². The Bertz CT molecular complexity index is 1140. The Labute approximate surface area is 163 Å². The van der Waals surface area contributed by atoms with Crippen LogP contribution < -0.4 is 15.0 Å². The van der Waals surface area contributed by atoms with Gasteiger partial charge in [-0.3, -0.25) is 4.79 Å². The van der Waals surface area contributed by atoms with Gasteiger partial charge in [0.1, 0.15) is 17.2 Å². The largest absolute Gasteiger partial charge is 0.497 e. The zero-order valence-electron chi connectivity index (χ0n) is 15.1. The number of nitrogens with zero attached hydrogens (tertiary/aromatic N) is 3. The van der Waals surface area contributed by atoms with Crippen molar-refractivity contribution >= 4 is 32.9 Å². The Hall–Kier alpha value is -2.71. The minimum Gasteiger partial charge on any atom is -0.497 e. The Balaban J connectivity index is 1.88. The maximum atomic E-state index is 13.0. The Morgan fingerprint density at radius 2 is 1.89 bits per heavy atom. The minimum atomic E-state index is -0.198. The molecule has 0 unspecified atom stereocenters. The molecule has 0 aliphatic rings. The molecule has 6 nitrogen and oxygen atoms in total. The molecule has 4 aromatic rings. The summed E-state index contributed by atoms with van der Waals surface area (Å²) in [5.41, 5.74) is 1.92. The van der Waals surface area contributed by atoms with E-state index in [2.05, 4.69) is 10.1 Å². The zero-order chi connectivity index (χ0) is 19.0. The average Bonchev–Trinajstić information content (AvgIpc) is 3.33. The molecule has 0 fully saturated rings. The molecule has 0 aliphatic heterocycles. The van der Waals surface area contributed by atoms with Gasteiger partial charge in [0, 0.05) is 6.07 Å². The summed E-state index contributed by atoms with van der Waals surface area (Å²) < 4.78 is 12.9. The molecular weight excluding hydrogens is 382 g/mol. The number of thiazole rings is 1. The van der Waals surface area contributed by atoms with E-state index in [0.717, 1.165) is 25.8 Å². The van der Waals surface area contributed by atoms with Crippen LogP contribution in [0.1, 0.15) is 10.6 Å². The predicted molar refractivity (Wildman–Crippen MR) is 108 cm³/mol. The number of ether oxygens (including phenoxy) is 2. The van der Waals surface area contributed by atoms with Crippen LogP contribution in [0.4, 0.5) is 0 Å². The third kappa shape index (κ3) is 3.33. The SMILES string of the molecule is COc1cc(Cn2nc(-c3cccs3)c3sc(C)nc3c2=O)cc(OC)c1. The van der Waals surface area contributed by atoms with Gasteiger partial charge in [0.15, 0.2) is 5.52 Å². The summed E-state index contributed by atoms with van der Waals surface area (Å²) in [5, 5.41) is 7.51. The van der Waals surface area contributed by atoms with Crippen molar-refractivity contribution in [3.8, 4) is 22.1 Å². The first-order valence-corrected chi connectivity index (χ1v) is 9.92. The van der Waals surface area contributed by atoms with Crippen LogP contribution in [-0.4, -0.2) is 29.0 Å². The van der Waals surface area contributed by atoms with Crippen molar-refractivity contribution in [1.82, 2.24) is 14.8 Å². The van der Waals surface area contributed by atoms with Crippen molar-refractivity contribution in [2.24, 2.45) is 0 Å². The highest BCUT2D eigenvalue weighted by Crippen LogP contribution is 2.32. The Morgan fingerprint density at radius 1 is 1.15 bits per heavy atom. The summed E-state index contributed by atoms with van der Waals surface area (Å²) in [6.45, 7) is 2.21. The first kappa shape index (κ1) is 17.7. The van der Waals surface area contributed by atoms with Crippen LogP contribution in [0.15, 0.2) is 40.5 Å². The lowest BCUT2D eigenvalue weighted by Crippen LogP contribution is -2.24. The number of aryl methyl sites for hydroxylation is 1. The van der Waals surface area contributed by atoms with E-state index in [1.165, 1.54) is 16.0 Å². The molecule has 1 aromatic carbocycles. The van der Waals surface area contributed by atoms with Crippen molar-refractivity contribution in [2.75, 3.05) is 14.2 Å². The third-order valence-electron chi connectivity index (χ3n) is 4.11. The second-order valence-electron chi connectivity index (χ2n) is 5.92. The predicted octanol–water partition coefficient (Wildman–Crippen LogP) is 3.96. The van der Waals surface area contributed by atoms with Crippen molar-refractivity contribution in [2.45, 2.75) is 13.5 Å². The zero-order valence-corrected chi connectivity index (χ0v) is 16.7. The van der Waals surface area contributed by atoms with Gasteiger partial charge in [-0.1, -0.05) is 6.07 Å². The highest BCUT2D eigenvalue weighted by Gasteiger charge is 2.17. The van der Waals surface area contributed by atoms with E-state index in [0.29, 0.717) is 23.6 Å². The van der Waals surface area contributed by atoms with Crippen molar-refractivity contribution < 1.29 is 9.47 Å². The number of aromatic nitrogens is 3. The summed E-state index contributed by atoms with van der Waals surface area (Å²) in [7, 11) is 3.20. The molecule has 27 heavy (non-hydrogen) atoms. The molecule has 0 spiro atoms. The van der Waals surface area contributed by atoms with Crippen molar-refractivity contribution in [3.63, 3.8) is 0 Å². The van der Waals surface area contributed by atoms with Gasteiger partial charge in [-0.25, -0.2) is 9.67 Å². The summed E-state index contributed by atoms with van der Waals surface area (Å²) >= 11 is 3.09. The minimum absolute atomic E-state index is 0.198. The van der Waals surface area contributed by atoms with Gasteiger partial charge < -0.3 is 9.47 Å². The van der Waals surface area contributed by atoms with E-state index in [-0.39, 0.29) is 5.56 Å². The number of fused-ring (bicyclic) bond motifs is 1. The van der Waals surface area contributed by atoms with Crippen LogP contribution in [0.3, 0.4) is 0 Å². The molecule has 3 heterocycles. The molecule has 0 radical (unpaired) electrons. The van der Waals surface area contributed by atoms with E-state index < -0.39 is 0 Å². The standard InChI is InChI=1S/C19H17N3O3S2/c1-11-20-17-18(27-11)16(15-5-4-6-26-15)21-22(19(17)23)10-12-7-13(24-2)9-14(8-12)25-3/h4-9H,10H2,1-3H3. The van der Waals surface area contributed by atoms with Crippen LogP contribution in [0.5, 0.6) is 11.5 Å². The molecule has 3 aromatic heterocycles.